The number of aromatic carboxylic acids is 2. The molecule has 0 heterocycles. The van der Waals surface area contributed by atoms with E-state index in [0.29, 0.717) is 50.4 Å². The van der Waals surface area contributed by atoms with Gasteiger partial charge in [-0.05, 0) is 186 Å². The van der Waals surface area contributed by atoms with Crippen LogP contribution in [-0.2, 0) is 4.74 Å². The number of phenolic OH excluding ortho intramolecular Hbond substituents is 1. The Morgan fingerprint density at radius 1 is 0.469 bits per heavy atom. The lowest BCUT2D eigenvalue weighted by molar-refractivity contribution is 0.0554. The molecule has 64 heavy (non-hydrogen) atoms. The molecule has 0 saturated heterocycles. The smallest absolute Gasteiger partial charge is 0.339 e. The Kier molecular flexibility index (Phi) is 21.9. The SMILES string of the molecule is C#CCOC(=O)c1cc(C)c(OCC#C)c(C)c1C.C#CCOc1c(C)cc(C(=O)Cl)c(C)c1C.C#CCOc1c(C)cc(C(=O)O)c(C)c1C.Cc1cc(C(=O)O)c(C)c(C)c1O. The summed E-state index contributed by atoms with van der Waals surface area (Å²) in [4.78, 5) is 44.8. The van der Waals surface area contributed by atoms with E-state index in [2.05, 4.69) is 23.7 Å². The molecule has 0 aromatic heterocycles. The minimum atomic E-state index is -0.955. The number of esters is 1. The van der Waals surface area contributed by atoms with Gasteiger partial charge < -0.3 is 34.3 Å². The highest BCUT2D eigenvalue weighted by atomic mass is 35.5. The summed E-state index contributed by atoms with van der Waals surface area (Å²) in [6, 6.07) is 6.55. The number of carboxylic acid groups (broad SMARTS) is 2. The molecule has 4 aromatic carbocycles. The van der Waals surface area contributed by atoms with Crippen LogP contribution < -0.4 is 14.2 Å². The molecule has 0 aliphatic heterocycles. The molecule has 0 fully saturated rings. The molecule has 4 rings (SSSR count). The van der Waals surface area contributed by atoms with Crippen molar-refractivity contribution in [1.82, 2.24) is 0 Å². The Labute approximate surface area is 382 Å². The molecule has 0 radical (unpaired) electrons. The van der Waals surface area contributed by atoms with Gasteiger partial charge in [0.2, 0.25) is 0 Å². The third-order valence-corrected chi connectivity index (χ3v) is 10.4. The van der Waals surface area contributed by atoms with Crippen LogP contribution in [0.25, 0.3) is 0 Å². The number of benzene rings is 4. The highest BCUT2D eigenvalue weighted by Gasteiger charge is 2.19. The first-order valence-electron chi connectivity index (χ1n) is 19.5. The number of hydrogen-bond donors (Lipinski definition) is 3. The topological polar surface area (TPSA) is 166 Å². The highest BCUT2D eigenvalue weighted by molar-refractivity contribution is 6.68. The molecule has 3 N–H and O–H groups in total. The fourth-order valence-electron chi connectivity index (χ4n) is 6.30. The van der Waals surface area contributed by atoms with Crippen LogP contribution >= 0.6 is 11.6 Å². The summed E-state index contributed by atoms with van der Waals surface area (Å²) in [7, 11) is 0. The van der Waals surface area contributed by atoms with Crippen LogP contribution in [0.2, 0.25) is 0 Å². The van der Waals surface area contributed by atoms with Crippen molar-refractivity contribution >= 4 is 34.8 Å². The molecule has 0 spiro atoms. The number of hydrogen-bond acceptors (Lipinski definition) is 9. The third kappa shape index (κ3) is 14.4. The molecule has 0 saturated carbocycles. The van der Waals surface area contributed by atoms with E-state index >= 15 is 0 Å². The van der Waals surface area contributed by atoms with Crippen LogP contribution in [0.4, 0.5) is 0 Å². The second-order valence-electron chi connectivity index (χ2n) is 14.4. The van der Waals surface area contributed by atoms with Crippen LogP contribution in [0.1, 0.15) is 108 Å². The third-order valence-electron chi connectivity index (χ3n) is 10.2. The maximum Gasteiger partial charge on any atom is 0.339 e. The van der Waals surface area contributed by atoms with Crippen LogP contribution in [0.5, 0.6) is 23.0 Å². The quantitative estimate of drug-likeness (QED) is 0.0746. The average molecular weight is 891 g/mol. The molecule has 0 amide bonds. The summed E-state index contributed by atoms with van der Waals surface area (Å²) in [5, 5.41) is 26.9. The minimum Gasteiger partial charge on any atom is -0.507 e. The van der Waals surface area contributed by atoms with E-state index in [9.17, 15) is 24.3 Å². The van der Waals surface area contributed by atoms with E-state index in [4.69, 9.17) is 66.5 Å². The predicted molar refractivity (Wildman–Crippen MR) is 250 cm³/mol. The summed E-state index contributed by atoms with van der Waals surface area (Å²) in [6.07, 6.45) is 20.5. The Bertz CT molecular complexity index is 2500. The van der Waals surface area contributed by atoms with Crippen molar-refractivity contribution in [3.05, 3.63) is 113 Å². The van der Waals surface area contributed by atoms with Gasteiger partial charge in [0.25, 0.3) is 5.24 Å². The van der Waals surface area contributed by atoms with Gasteiger partial charge in [0.15, 0.2) is 6.61 Å². The fourth-order valence-corrected chi connectivity index (χ4v) is 6.49. The zero-order valence-corrected chi connectivity index (χ0v) is 39.2. The number of halogens is 1. The standard InChI is InChI=1S/C16H16O3.C13H13ClO2.C13H14O3.C10H12O3/c1-6-8-18-15-11(3)10-14(12(4)13(15)5)16(17)19-9-7-2;2*1-5-6-16-12-8(2)7-11(13(14)15)9(3)10(12)4;1-5-4-8(10(12)13)6(2)7(3)9(5)11/h1-2,10H,8-9H2,3-5H3;1,7H,6H2,2-4H3;1,7H,6H2,2-4H3,(H,14,15);4,11H,1-3H3,(H,12,13). The average Bonchev–Trinajstić information content (AvgIpc) is 3.24. The van der Waals surface area contributed by atoms with Crippen molar-refractivity contribution in [2.45, 2.75) is 83.1 Å². The van der Waals surface area contributed by atoms with Crippen molar-refractivity contribution in [2.24, 2.45) is 0 Å². The molecule has 336 valence electrons. The van der Waals surface area contributed by atoms with Gasteiger partial charge in [-0.2, -0.15) is 0 Å². The summed E-state index contributed by atoms with van der Waals surface area (Å²) in [5.74, 6) is 9.49. The van der Waals surface area contributed by atoms with E-state index in [1.54, 1.807) is 45.9 Å². The first-order chi connectivity index (χ1) is 29.9. The van der Waals surface area contributed by atoms with Crippen molar-refractivity contribution in [3.63, 3.8) is 0 Å². The Balaban J connectivity index is 0.000000430. The lowest BCUT2D eigenvalue weighted by atomic mass is 9.98. The van der Waals surface area contributed by atoms with Crippen LogP contribution in [0, 0.1) is 132 Å². The predicted octanol–water partition coefficient (Wildman–Crippen LogP) is 9.75. The second-order valence-corrected chi connectivity index (χ2v) is 14.8. The number of terminal acetylenes is 4. The van der Waals surface area contributed by atoms with Gasteiger partial charge in [-0.15, -0.1) is 25.7 Å². The van der Waals surface area contributed by atoms with Gasteiger partial charge >= 0.3 is 17.9 Å². The highest BCUT2D eigenvalue weighted by Crippen LogP contribution is 2.32. The molecule has 0 aliphatic carbocycles. The number of aryl methyl sites for hydroxylation is 4. The van der Waals surface area contributed by atoms with Crippen LogP contribution in [-0.4, -0.2) is 64.9 Å². The number of carboxylic acids is 2. The lowest BCUT2D eigenvalue weighted by Gasteiger charge is -2.15. The number of carbonyl (C=O) groups is 4. The van der Waals surface area contributed by atoms with Crippen molar-refractivity contribution < 1.29 is 53.4 Å². The van der Waals surface area contributed by atoms with Gasteiger partial charge in [0.05, 0.1) is 16.7 Å². The number of ether oxygens (including phenoxy) is 4. The van der Waals surface area contributed by atoms with E-state index < -0.39 is 23.2 Å². The first kappa shape index (κ1) is 54.7. The van der Waals surface area contributed by atoms with Gasteiger partial charge in [0.1, 0.15) is 42.8 Å². The summed E-state index contributed by atoms with van der Waals surface area (Å²) >= 11 is 5.50. The normalized spacial score (nSPS) is 9.64. The molecule has 0 bridgehead atoms. The molecule has 12 heteroatoms. The summed E-state index contributed by atoms with van der Waals surface area (Å²) < 4.78 is 21.3. The maximum absolute atomic E-state index is 11.9. The van der Waals surface area contributed by atoms with Crippen molar-refractivity contribution in [2.75, 3.05) is 26.4 Å². The summed E-state index contributed by atoms with van der Waals surface area (Å²) in [6.45, 7) is 22.2. The molecular weight excluding hydrogens is 836 g/mol. The van der Waals surface area contributed by atoms with Crippen molar-refractivity contribution in [3.8, 4) is 72.4 Å². The Morgan fingerprint density at radius 2 is 0.766 bits per heavy atom. The zero-order chi connectivity index (χ0) is 49.2. The number of phenols is 1. The maximum atomic E-state index is 11.9. The fraction of sp³-hybridized carbons (Fsp3) is 0.308. The number of rotatable bonds is 11. The molecular formula is C52H55ClO11. The number of aromatic hydroxyl groups is 1. The van der Waals surface area contributed by atoms with Gasteiger partial charge in [-0.1, -0.05) is 23.7 Å². The second kappa shape index (κ2) is 25.6. The monoisotopic (exact) mass is 890 g/mol. The van der Waals surface area contributed by atoms with E-state index in [1.807, 2.05) is 55.4 Å². The van der Waals surface area contributed by atoms with Gasteiger partial charge in [-0.3, -0.25) is 4.79 Å². The lowest BCUT2D eigenvalue weighted by Crippen LogP contribution is -2.10. The summed E-state index contributed by atoms with van der Waals surface area (Å²) in [5.41, 5.74) is 10.9. The van der Waals surface area contributed by atoms with Crippen molar-refractivity contribution in [1.29, 1.82) is 0 Å². The van der Waals surface area contributed by atoms with Gasteiger partial charge in [-0.25, -0.2) is 14.4 Å². The van der Waals surface area contributed by atoms with Gasteiger partial charge in [0, 0.05) is 5.56 Å². The largest absolute Gasteiger partial charge is 0.507 e. The first-order valence-corrected chi connectivity index (χ1v) is 19.9. The van der Waals surface area contributed by atoms with E-state index in [1.165, 1.54) is 6.07 Å². The van der Waals surface area contributed by atoms with E-state index in [-0.39, 0.29) is 37.7 Å². The molecule has 0 unspecified atom stereocenters. The minimum absolute atomic E-state index is 0.0360. The molecule has 0 aliphatic rings. The Hall–Kier alpha value is -7.31. The molecule has 4 aromatic rings. The van der Waals surface area contributed by atoms with Crippen LogP contribution in [0.15, 0.2) is 24.3 Å². The van der Waals surface area contributed by atoms with Crippen LogP contribution in [0.3, 0.4) is 0 Å². The number of carbonyl (C=O) groups excluding carboxylic acids is 2. The molecule has 0 atom stereocenters. The zero-order valence-electron chi connectivity index (χ0n) is 38.4. The Morgan fingerprint density at radius 3 is 1.11 bits per heavy atom. The molecule has 11 nitrogen and oxygen atoms in total. The van der Waals surface area contributed by atoms with E-state index in [0.717, 1.165) is 50.3 Å².